The van der Waals surface area contributed by atoms with Gasteiger partial charge in [0.05, 0.1) is 5.52 Å². The van der Waals surface area contributed by atoms with Crippen molar-refractivity contribution < 1.29 is 14.3 Å². The highest BCUT2D eigenvalue weighted by Gasteiger charge is 2.14. The molecule has 0 radical (unpaired) electrons. The van der Waals surface area contributed by atoms with Crippen LogP contribution in [0.25, 0.3) is 10.9 Å². The minimum atomic E-state index is -0.159. The topological polar surface area (TPSA) is 80.4 Å². The third kappa shape index (κ3) is 3.51. The second kappa shape index (κ2) is 6.79. The first-order chi connectivity index (χ1) is 13.0. The van der Waals surface area contributed by atoms with E-state index in [4.69, 9.17) is 9.47 Å². The predicted molar refractivity (Wildman–Crippen MR) is 104 cm³/mol. The summed E-state index contributed by atoms with van der Waals surface area (Å²) in [5, 5.41) is 3.81. The van der Waals surface area contributed by atoms with E-state index in [-0.39, 0.29) is 24.7 Å². The van der Waals surface area contributed by atoms with Gasteiger partial charge in [0.2, 0.25) is 12.7 Å². The Morgan fingerprint density at radius 2 is 1.93 bits per heavy atom. The van der Waals surface area contributed by atoms with E-state index in [1.807, 2.05) is 32.0 Å². The number of hydrogen-bond acceptors (Lipinski definition) is 4. The van der Waals surface area contributed by atoms with Crippen LogP contribution in [0.2, 0.25) is 0 Å². The van der Waals surface area contributed by atoms with Crippen LogP contribution in [0.15, 0.2) is 41.2 Å². The highest BCUT2D eigenvalue weighted by atomic mass is 16.7. The second-order valence-electron chi connectivity index (χ2n) is 6.79. The van der Waals surface area contributed by atoms with Gasteiger partial charge in [-0.05, 0) is 55.5 Å². The van der Waals surface area contributed by atoms with Crippen molar-refractivity contribution in [2.75, 3.05) is 12.1 Å². The number of benzene rings is 2. The Morgan fingerprint density at radius 3 is 2.78 bits per heavy atom. The summed E-state index contributed by atoms with van der Waals surface area (Å²) in [7, 11) is 0. The lowest BCUT2D eigenvalue weighted by atomic mass is 10.0. The number of aromatic nitrogens is 1. The number of fused-ring (bicyclic) bond motifs is 2. The fourth-order valence-electron chi connectivity index (χ4n) is 3.36. The average Bonchev–Trinajstić information content (AvgIpc) is 3.08. The third-order valence-corrected chi connectivity index (χ3v) is 4.65. The van der Waals surface area contributed by atoms with Gasteiger partial charge in [-0.3, -0.25) is 9.59 Å². The van der Waals surface area contributed by atoms with E-state index in [1.165, 1.54) is 0 Å². The van der Waals surface area contributed by atoms with Gasteiger partial charge >= 0.3 is 0 Å². The summed E-state index contributed by atoms with van der Waals surface area (Å²) >= 11 is 0. The number of carbonyl (C=O) groups excluding carboxylic acids is 1. The molecule has 0 saturated carbocycles. The summed E-state index contributed by atoms with van der Waals surface area (Å²) in [6.45, 7) is 4.19. The molecular formula is C21H20N2O4. The minimum Gasteiger partial charge on any atom is -0.454 e. The lowest BCUT2D eigenvalue weighted by Crippen LogP contribution is -2.17. The molecule has 138 valence electrons. The SMILES string of the molecule is Cc1cc(C)c2[nH]c(=O)c(CCC(=O)Nc3ccc4c(c3)OCO4)cc2c1. The molecule has 0 saturated heterocycles. The molecule has 1 aromatic heterocycles. The van der Waals surface area contributed by atoms with Crippen molar-refractivity contribution in [3.8, 4) is 11.5 Å². The van der Waals surface area contributed by atoms with Crippen LogP contribution >= 0.6 is 0 Å². The summed E-state index contributed by atoms with van der Waals surface area (Å²) in [5.41, 5.74) is 4.12. The Balaban J connectivity index is 1.47. The van der Waals surface area contributed by atoms with Crippen molar-refractivity contribution in [1.82, 2.24) is 4.98 Å². The van der Waals surface area contributed by atoms with Crippen LogP contribution in [0.4, 0.5) is 5.69 Å². The maximum absolute atomic E-state index is 12.4. The molecule has 0 bridgehead atoms. The van der Waals surface area contributed by atoms with Crippen LogP contribution in [0, 0.1) is 13.8 Å². The lowest BCUT2D eigenvalue weighted by molar-refractivity contribution is -0.116. The van der Waals surface area contributed by atoms with E-state index in [0.717, 1.165) is 22.0 Å². The summed E-state index contributed by atoms with van der Waals surface area (Å²) < 4.78 is 10.6. The summed E-state index contributed by atoms with van der Waals surface area (Å²) in [4.78, 5) is 27.6. The normalized spacial score (nSPS) is 12.4. The van der Waals surface area contributed by atoms with Gasteiger partial charge in [-0.1, -0.05) is 11.6 Å². The van der Waals surface area contributed by atoms with Crippen LogP contribution in [-0.4, -0.2) is 17.7 Å². The number of rotatable bonds is 4. The molecule has 1 amide bonds. The number of amides is 1. The Kier molecular flexibility index (Phi) is 4.32. The van der Waals surface area contributed by atoms with Gasteiger partial charge in [0.1, 0.15) is 0 Å². The van der Waals surface area contributed by atoms with Gasteiger partial charge in [0.15, 0.2) is 11.5 Å². The number of hydrogen-bond donors (Lipinski definition) is 2. The average molecular weight is 364 g/mol. The lowest BCUT2D eigenvalue weighted by Gasteiger charge is -2.08. The molecule has 2 aromatic carbocycles. The molecule has 27 heavy (non-hydrogen) atoms. The molecule has 1 aliphatic rings. The Labute approximate surface area is 156 Å². The van der Waals surface area contributed by atoms with E-state index in [2.05, 4.69) is 10.3 Å². The number of aromatic amines is 1. The van der Waals surface area contributed by atoms with Crippen molar-refractivity contribution in [2.45, 2.75) is 26.7 Å². The second-order valence-corrected chi connectivity index (χ2v) is 6.79. The Morgan fingerprint density at radius 1 is 1.11 bits per heavy atom. The Bertz CT molecular complexity index is 1100. The Hall–Kier alpha value is -3.28. The molecule has 0 fully saturated rings. The first-order valence-electron chi connectivity index (χ1n) is 8.82. The molecule has 6 heteroatoms. The number of nitrogens with one attached hydrogen (secondary N) is 2. The zero-order valence-corrected chi connectivity index (χ0v) is 15.2. The van der Waals surface area contributed by atoms with E-state index >= 15 is 0 Å². The van der Waals surface area contributed by atoms with E-state index < -0.39 is 0 Å². The molecule has 0 spiro atoms. The fourth-order valence-corrected chi connectivity index (χ4v) is 3.36. The number of carbonyl (C=O) groups is 1. The minimum absolute atomic E-state index is 0.148. The van der Waals surface area contributed by atoms with Crippen molar-refractivity contribution in [2.24, 2.45) is 0 Å². The molecule has 4 rings (SSSR count). The molecule has 3 aromatic rings. The first kappa shape index (κ1) is 17.1. The van der Waals surface area contributed by atoms with Gasteiger partial charge in [0.25, 0.3) is 5.56 Å². The largest absolute Gasteiger partial charge is 0.454 e. The zero-order chi connectivity index (χ0) is 19.0. The molecule has 1 aliphatic heterocycles. The van der Waals surface area contributed by atoms with Gasteiger partial charge in [0, 0.05) is 23.7 Å². The van der Waals surface area contributed by atoms with Crippen LogP contribution < -0.4 is 20.3 Å². The van der Waals surface area contributed by atoms with E-state index in [0.29, 0.717) is 29.2 Å². The quantitative estimate of drug-likeness (QED) is 0.743. The van der Waals surface area contributed by atoms with Crippen LogP contribution in [0.3, 0.4) is 0 Å². The molecule has 0 aliphatic carbocycles. The molecule has 2 N–H and O–H groups in total. The van der Waals surface area contributed by atoms with Gasteiger partial charge in [-0.25, -0.2) is 0 Å². The predicted octanol–water partition coefficient (Wildman–Crippen LogP) is 3.44. The monoisotopic (exact) mass is 364 g/mol. The molecule has 0 atom stereocenters. The number of ether oxygens (including phenoxy) is 2. The van der Waals surface area contributed by atoms with Crippen LogP contribution in [0.1, 0.15) is 23.1 Å². The van der Waals surface area contributed by atoms with Gasteiger partial charge in [-0.2, -0.15) is 0 Å². The zero-order valence-electron chi connectivity index (χ0n) is 15.2. The van der Waals surface area contributed by atoms with Crippen molar-refractivity contribution >= 4 is 22.5 Å². The van der Waals surface area contributed by atoms with Crippen molar-refractivity contribution in [3.63, 3.8) is 0 Å². The van der Waals surface area contributed by atoms with Gasteiger partial charge < -0.3 is 19.8 Å². The van der Waals surface area contributed by atoms with Gasteiger partial charge in [-0.15, -0.1) is 0 Å². The van der Waals surface area contributed by atoms with Crippen LogP contribution in [-0.2, 0) is 11.2 Å². The molecule has 2 heterocycles. The number of aryl methyl sites for hydroxylation is 3. The summed E-state index contributed by atoms with van der Waals surface area (Å²) in [5.74, 6) is 1.12. The highest BCUT2D eigenvalue weighted by Crippen LogP contribution is 2.34. The van der Waals surface area contributed by atoms with Crippen molar-refractivity contribution in [3.05, 3.63) is 63.4 Å². The first-order valence-corrected chi connectivity index (χ1v) is 8.82. The summed E-state index contributed by atoms with van der Waals surface area (Å²) in [6.07, 6.45) is 0.586. The molecular weight excluding hydrogens is 344 g/mol. The fraction of sp³-hybridized carbons (Fsp3) is 0.238. The van der Waals surface area contributed by atoms with E-state index in [9.17, 15) is 9.59 Å². The smallest absolute Gasteiger partial charge is 0.251 e. The van der Waals surface area contributed by atoms with Crippen LogP contribution in [0.5, 0.6) is 11.5 Å². The molecule has 0 unspecified atom stereocenters. The number of pyridine rings is 1. The summed E-state index contributed by atoms with van der Waals surface area (Å²) in [6, 6.07) is 11.2. The standard InChI is InChI=1S/C21H20N2O4/c1-12-7-13(2)20-15(8-12)9-14(21(25)23-20)3-6-19(24)22-16-4-5-17-18(10-16)27-11-26-17/h4-5,7-10H,3,6,11H2,1-2H3,(H,22,24)(H,23,25). The third-order valence-electron chi connectivity index (χ3n) is 4.65. The molecule has 6 nitrogen and oxygen atoms in total. The number of anilines is 1. The maximum Gasteiger partial charge on any atom is 0.251 e. The highest BCUT2D eigenvalue weighted by molar-refractivity contribution is 5.91. The van der Waals surface area contributed by atoms with E-state index in [1.54, 1.807) is 18.2 Å². The maximum atomic E-state index is 12.4. The van der Waals surface area contributed by atoms with Crippen molar-refractivity contribution in [1.29, 1.82) is 0 Å². The number of H-pyrrole nitrogens is 1.